The van der Waals surface area contributed by atoms with Crippen LogP contribution in [-0.4, -0.2) is 5.71 Å². The van der Waals surface area contributed by atoms with Gasteiger partial charge in [-0.3, -0.25) is 4.99 Å². The normalized spacial score (nSPS) is 16.1. The number of hydrogen-bond acceptors (Lipinski definition) is 2. The van der Waals surface area contributed by atoms with Crippen molar-refractivity contribution >= 4 is 17.1 Å². The highest BCUT2D eigenvalue weighted by atomic mass is 14.8. The summed E-state index contributed by atoms with van der Waals surface area (Å²) >= 11 is 0. The van der Waals surface area contributed by atoms with Gasteiger partial charge in [0.15, 0.2) is 0 Å². The van der Waals surface area contributed by atoms with E-state index in [9.17, 15) is 0 Å². The van der Waals surface area contributed by atoms with Crippen LogP contribution >= 0.6 is 0 Å². The average Bonchev–Trinajstić information content (AvgIpc) is 2.61. The number of nitrogen functional groups attached to an aromatic ring is 1. The van der Waals surface area contributed by atoms with E-state index >= 15 is 0 Å². The van der Waals surface area contributed by atoms with Gasteiger partial charge >= 0.3 is 0 Å². The molecule has 1 heterocycles. The number of benzene rings is 2. The Morgan fingerprint density at radius 1 is 0.947 bits per heavy atom. The fourth-order valence-corrected chi connectivity index (χ4v) is 2.50. The number of rotatable bonds is 1. The van der Waals surface area contributed by atoms with Crippen molar-refractivity contribution in [3.8, 4) is 11.1 Å². The second-order valence-electron chi connectivity index (χ2n) is 5.68. The molecule has 96 valence electrons. The highest BCUT2D eigenvalue weighted by Crippen LogP contribution is 2.41. The van der Waals surface area contributed by atoms with Crippen molar-refractivity contribution in [3.05, 3.63) is 48.0 Å². The largest absolute Gasteiger partial charge is 0.399 e. The molecule has 1 aliphatic rings. The van der Waals surface area contributed by atoms with Crippen LogP contribution in [0.3, 0.4) is 0 Å². The lowest BCUT2D eigenvalue weighted by Gasteiger charge is -2.20. The second kappa shape index (κ2) is 3.95. The van der Waals surface area contributed by atoms with Crippen molar-refractivity contribution in [2.24, 2.45) is 4.99 Å². The zero-order valence-corrected chi connectivity index (χ0v) is 11.6. The van der Waals surface area contributed by atoms with E-state index in [-0.39, 0.29) is 5.41 Å². The standard InChI is InChI=1S/C17H18N2/c1-11-17(2,3)15-10-13(6-9-16(15)19-11)12-4-7-14(18)8-5-12/h4-10H,18H2,1-3H3. The molecule has 0 radical (unpaired) electrons. The van der Waals surface area contributed by atoms with Gasteiger partial charge in [-0.25, -0.2) is 0 Å². The fourth-order valence-electron chi connectivity index (χ4n) is 2.50. The monoisotopic (exact) mass is 250 g/mol. The maximum atomic E-state index is 5.74. The minimum atomic E-state index is 0.0269. The maximum Gasteiger partial charge on any atom is 0.0671 e. The Hall–Kier alpha value is -2.09. The van der Waals surface area contributed by atoms with E-state index in [4.69, 9.17) is 5.73 Å². The summed E-state index contributed by atoms with van der Waals surface area (Å²) in [6, 6.07) is 14.5. The van der Waals surface area contributed by atoms with Crippen LogP contribution in [0, 0.1) is 0 Å². The Morgan fingerprint density at radius 2 is 1.58 bits per heavy atom. The van der Waals surface area contributed by atoms with Gasteiger partial charge in [0.25, 0.3) is 0 Å². The quantitative estimate of drug-likeness (QED) is 0.752. The molecule has 0 atom stereocenters. The number of fused-ring (bicyclic) bond motifs is 1. The zero-order valence-electron chi connectivity index (χ0n) is 11.6. The molecular formula is C17H18N2. The molecule has 0 unspecified atom stereocenters. The van der Waals surface area contributed by atoms with E-state index in [1.807, 2.05) is 12.1 Å². The molecule has 0 saturated carbocycles. The molecule has 2 aromatic rings. The first-order chi connectivity index (χ1) is 8.98. The predicted octanol–water partition coefficient (Wildman–Crippen LogP) is 4.32. The SMILES string of the molecule is CC1=Nc2ccc(-c3ccc(N)cc3)cc2C1(C)C. The van der Waals surface area contributed by atoms with Crippen molar-refractivity contribution in [2.45, 2.75) is 26.2 Å². The lowest BCUT2D eigenvalue weighted by molar-refractivity contribution is 0.733. The van der Waals surface area contributed by atoms with E-state index < -0.39 is 0 Å². The van der Waals surface area contributed by atoms with Gasteiger partial charge < -0.3 is 5.73 Å². The maximum absolute atomic E-state index is 5.74. The Labute approximate surface area is 114 Å². The molecule has 0 spiro atoms. The molecule has 0 fully saturated rings. The van der Waals surface area contributed by atoms with E-state index in [0.717, 1.165) is 11.4 Å². The van der Waals surface area contributed by atoms with E-state index in [1.165, 1.54) is 22.4 Å². The Kier molecular flexibility index (Phi) is 2.49. The van der Waals surface area contributed by atoms with Crippen LogP contribution in [0.5, 0.6) is 0 Å². The predicted molar refractivity (Wildman–Crippen MR) is 82.1 cm³/mol. The number of hydrogen-bond donors (Lipinski definition) is 1. The molecule has 2 N–H and O–H groups in total. The Balaban J connectivity index is 2.10. The molecule has 3 rings (SSSR count). The summed E-state index contributed by atoms with van der Waals surface area (Å²) < 4.78 is 0. The van der Waals surface area contributed by atoms with Crippen LogP contribution in [0.25, 0.3) is 11.1 Å². The van der Waals surface area contributed by atoms with Crippen molar-refractivity contribution in [3.63, 3.8) is 0 Å². The molecule has 2 aromatic carbocycles. The van der Waals surface area contributed by atoms with E-state index in [1.54, 1.807) is 0 Å². The van der Waals surface area contributed by atoms with Crippen LogP contribution in [0.1, 0.15) is 26.3 Å². The molecule has 0 aromatic heterocycles. The average molecular weight is 250 g/mol. The van der Waals surface area contributed by atoms with Crippen molar-refractivity contribution in [1.29, 1.82) is 0 Å². The van der Waals surface area contributed by atoms with Crippen LogP contribution in [0.15, 0.2) is 47.5 Å². The van der Waals surface area contributed by atoms with Gasteiger partial charge in [0, 0.05) is 16.8 Å². The summed E-state index contributed by atoms with van der Waals surface area (Å²) in [5.41, 5.74) is 12.6. The summed E-state index contributed by atoms with van der Waals surface area (Å²) in [7, 11) is 0. The van der Waals surface area contributed by atoms with Gasteiger partial charge in [0.05, 0.1) is 5.69 Å². The van der Waals surface area contributed by atoms with Crippen LogP contribution in [0.2, 0.25) is 0 Å². The first kappa shape index (κ1) is 12.0. The molecule has 1 aliphatic heterocycles. The third kappa shape index (κ3) is 1.84. The lowest BCUT2D eigenvalue weighted by Crippen LogP contribution is -2.22. The van der Waals surface area contributed by atoms with Crippen molar-refractivity contribution in [2.75, 3.05) is 5.73 Å². The highest BCUT2D eigenvalue weighted by Gasteiger charge is 2.32. The minimum absolute atomic E-state index is 0.0269. The zero-order chi connectivity index (χ0) is 13.6. The van der Waals surface area contributed by atoms with Crippen LogP contribution < -0.4 is 5.73 Å². The Bertz CT molecular complexity index is 664. The summed E-state index contributed by atoms with van der Waals surface area (Å²) in [4.78, 5) is 4.65. The van der Waals surface area contributed by atoms with Crippen molar-refractivity contribution < 1.29 is 0 Å². The van der Waals surface area contributed by atoms with Gasteiger partial charge in [-0.2, -0.15) is 0 Å². The smallest absolute Gasteiger partial charge is 0.0671 e. The van der Waals surface area contributed by atoms with Gasteiger partial charge in [0.2, 0.25) is 0 Å². The molecule has 0 bridgehead atoms. The topological polar surface area (TPSA) is 38.4 Å². The first-order valence-electron chi connectivity index (χ1n) is 6.55. The lowest BCUT2D eigenvalue weighted by atomic mass is 9.81. The number of nitrogens with two attached hydrogens (primary N) is 1. The number of nitrogens with zero attached hydrogens (tertiary/aromatic N) is 1. The van der Waals surface area contributed by atoms with Gasteiger partial charge in [-0.1, -0.05) is 32.0 Å². The molecule has 2 heteroatoms. The molecule has 0 amide bonds. The molecule has 0 aliphatic carbocycles. The molecule has 2 nitrogen and oxygen atoms in total. The molecule has 0 saturated heterocycles. The summed E-state index contributed by atoms with van der Waals surface area (Å²) in [5.74, 6) is 0. The number of anilines is 1. The summed E-state index contributed by atoms with van der Waals surface area (Å²) in [6.45, 7) is 6.55. The van der Waals surface area contributed by atoms with Gasteiger partial charge in [-0.05, 0) is 47.9 Å². The third-order valence-corrected chi connectivity index (χ3v) is 4.11. The fraction of sp³-hybridized carbons (Fsp3) is 0.235. The van der Waals surface area contributed by atoms with E-state index in [2.05, 4.69) is 56.1 Å². The van der Waals surface area contributed by atoms with Gasteiger partial charge in [0.1, 0.15) is 0 Å². The first-order valence-corrected chi connectivity index (χ1v) is 6.55. The summed E-state index contributed by atoms with van der Waals surface area (Å²) in [6.07, 6.45) is 0. The Morgan fingerprint density at radius 3 is 2.26 bits per heavy atom. The van der Waals surface area contributed by atoms with E-state index in [0.29, 0.717) is 0 Å². The molecular weight excluding hydrogens is 232 g/mol. The molecule has 19 heavy (non-hydrogen) atoms. The minimum Gasteiger partial charge on any atom is -0.399 e. The summed E-state index contributed by atoms with van der Waals surface area (Å²) in [5, 5.41) is 0. The van der Waals surface area contributed by atoms with Crippen molar-refractivity contribution in [1.82, 2.24) is 0 Å². The van der Waals surface area contributed by atoms with Gasteiger partial charge in [-0.15, -0.1) is 0 Å². The third-order valence-electron chi connectivity index (χ3n) is 4.11. The van der Waals surface area contributed by atoms with Crippen LogP contribution in [-0.2, 0) is 5.41 Å². The number of aliphatic imine (C=N–C) groups is 1. The highest BCUT2D eigenvalue weighted by molar-refractivity contribution is 6.00. The van der Waals surface area contributed by atoms with Crippen LogP contribution in [0.4, 0.5) is 11.4 Å². The second-order valence-corrected chi connectivity index (χ2v) is 5.68.